The lowest BCUT2D eigenvalue weighted by molar-refractivity contribution is 0.160. The van der Waals surface area contributed by atoms with Gasteiger partial charge in [0.05, 0.1) is 6.61 Å². The van der Waals surface area contributed by atoms with Crippen LogP contribution in [0.2, 0.25) is 0 Å². The average Bonchev–Trinajstić information content (AvgIpc) is 2.37. The summed E-state index contributed by atoms with van der Waals surface area (Å²) in [6.07, 6.45) is 2.89. The molecule has 0 aromatic heterocycles. The summed E-state index contributed by atoms with van der Waals surface area (Å²) in [6.45, 7) is 14.6. The van der Waals surface area contributed by atoms with Crippen LogP contribution in [0.15, 0.2) is 30.8 Å². The summed E-state index contributed by atoms with van der Waals surface area (Å²) >= 11 is 0. The Hall–Kier alpha value is -1.28. The Bertz CT molecular complexity index is 377. The van der Waals surface area contributed by atoms with Gasteiger partial charge in [0.1, 0.15) is 5.75 Å². The molecule has 1 aromatic rings. The van der Waals surface area contributed by atoms with Crippen molar-refractivity contribution in [1.82, 2.24) is 4.90 Å². The molecule has 0 unspecified atom stereocenters. The highest BCUT2D eigenvalue weighted by atomic mass is 16.5. The van der Waals surface area contributed by atoms with Crippen LogP contribution >= 0.6 is 0 Å². The van der Waals surface area contributed by atoms with E-state index in [9.17, 15) is 0 Å². The van der Waals surface area contributed by atoms with Gasteiger partial charge in [0, 0.05) is 18.6 Å². The SMILES string of the molecule is C=Cc1cccc(OCCCN(C(C)C)C(C)C)c1. The van der Waals surface area contributed by atoms with Gasteiger partial charge in [0.15, 0.2) is 0 Å². The van der Waals surface area contributed by atoms with E-state index in [0.717, 1.165) is 30.9 Å². The van der Waals surface area contributed by atoms with E-state index in [2.05, 4.69) is 39.2 Å². The van der Waals surface area contributed by atoms with E-state index in [0.29, 0.717) is 12.1 Å². The highest BCUT2D eigenvalue weighted by molar-refractivity contribution is 5.49. The second kappa shape index (κ2) is 8.00. The molecule has 2 heteroatoms. The minimum absolute atomic E-state index is 0.587. The first-order valence-electron chi connectivity index (χ1n) is 7.15. The van der Waals surface area contributed by atoms with Crippen LogP contribution in [0.1, 0.15) is 39.7 Å². The molecule has 0 N–H and O–H groups in total. The van der Waals surface area contributed by atoms with Crippen molar-refractivity contribution < 1.29 is 4.74 Å². The van der Waals surface area contributed by atoms with E-state index in [4.69, 9.17) is 4.74 Å². The molecule has 1 rings (SSSR count). The minimum Gasteiger partial charge on any atom is -0.494 e. The molecule has 1 aromatic carbocycles. The number of rotatable bonds is 8. The van der Waals surface area contributed by atoms with Crippen molar-refractivity contribution in [2.24, 2.45) is 0 Å². The molecule has 19 heavy (non-hydrogen) atoms. The molecule has 0 amide bonds. The maximum Gasteiger partial charge on any atom is 0.119 e. The van der Waals surface area contributed by atoms with Crippen molar-refractivity contribution >= 4 is 6.08 Å². The predicted molar refractivity (Wildman–Crippen MR) is 83.6 cm³/mol. The Morgan fingerprint density at radius 1 is 1.21 bits per heavy atom. The van der Waals surface area contributed by atoms with Gasteiger partial charge < -0.3 is 4.74 Å². The molecule has 0 heterocycles. The third kappa shape index (κ3) is 5.48. The summed E-state index contributed by atoms with van der Waals surface area (Å²) in [5.74, 6) is 0.929. The maximum atomic E-state index is 5.78. The Morgan fingerprint density at radius 2 is 1.89 bits per heavy atom. The Kier molecular flexibility index (Phi) is 6.65. The van der Waals surface area contributed by atoms with Gasteiger partial charge in [-0.1, -0.05) is 24.8 Å². The van der Waals surface area contributed by atoms with Crippen LogP contribution in [0.4, 0.5) is 0 Å². The van der Waals surface area contributed by atoms with Crippen LogP contribution in [0, 0.1) is 0 Å². The van der Waals surface area contributed by atoms with Crippen LogP contribution in [0.5, 0.6) is 5.75 Å². The van der Waals surface area contributed by atoms with Crippen molar-refractivity contribution in [2.75, 3.05) is 13.2 Å². The lowest BCUT2D eigenvalue weighted by Crippen LogP contribution is -2.38. The van der Waals surface area contributed by atoms with E-state index < -0.39 is 0 Å². The van der Waals surface area contributed by atoms with Gasteiger partial charge >= 0.3 is 0 Å². The highest BCUT2D eigenvalue weighted by Crippen LogP contribution is 2.14. The lowest BCUT2D eigenvalue weighted by Gasteiger charge is -2.30. The summed E-state index contributed by atoms with van der Waals surface area (Å²) < 4.78 is 5.78. The minimum atomic E-state index is 0.587. The first-order valence-corrected chi connectivity index (χ1v) is 7.15. The molecule has 0 spiro atoms. The van der Waals surface area contributed by atoms with Crippen LogP contribution in [0.3, 0.4) is 0 Å². The van der Waals surface area contributed by atoms with E-state index in [-0.39, 0.29) is 0 Å². The Labute approximate surface area is 118 Å². The third-order valence-corrected chi connectivity index (χ3v) is 3.25. The molecule has 0 saturated heterocycles. The zero-order valence-corrected chi connectivity index (χ0v) is 12.7. The highest BCUT2D eigenvalue weighted by Gasteiger charge is 2.12. The van der Waals surface area contributed by atoms with Crippen molar-refractivity contribution in [3.8, 4) is 5.75 Å². The first-order chi connectivity index (χ1) is 9.04. The molecule has 0 radical (unpaired) electrons. The van der Waals surface area contributed by atoms with Crippen LogP contribution in [-0.4, -0.2) is 30.1 Å². The molecule has 0 bridgehead atoms. The molecule has 0 fully saturated rings. The number of ether oxygens (including phenoxy) is 1. The van der Waals surface area contributed by atoms with Crippen molar-refractivity contribution in [3.63, 3.8) is 0 Å². The molecule has 0 aliphatic carbocycles. The Morgan fingerprint density at radius 3 is 2.47 bits per heavy atom. The molecule has 0 saturated carbocycles. The molecule has 0 aliphatic heterocycles. The van der Waals surface area contributed by atoms with Gasteiger partial charge in [-0.3, -0.25) is 4.90 Å². The largest absolute Gasteiger partial charge is 0.494 e. The second-order valence-corrected chi connectivity index (χ2v) is 5.40. The third-order valence-electron chi connectivity index (χ3n) is 3.25. The van der Waals surface area contributed by atoms with Crippen LogP contribution in [0.25, 0.3) is 6.08 Å². The number of hydrogen-bond donors (Lipinski definition) is 0. The zero-order chi connectivity index (χ0) is 14.3. The van der Waals surface area contributed by atoms with Gasteiger partial charge in [0.2, 0.25) is 0 Å². The summed E-state index contributed by atoms with van der Waals surface area (Å²) in [6, 6.07) is 9.22. The summed E-state index contributed by atoms with van der Waals surface area (Å²) in [5, 5.41) is 0. The second-order valence-electron chi connectivity index (χ2n) is 5.40. The summed E-state index contributed by atoms with van der Waals surface area (Å²) in [4.78, 5) is 2.49. The van der Waals surface area contributed by atoms with Crippen molar-refractivity contribution in [3.05, 3.63) is 36.4 Å². The number of hydrogen-bond acceptors (Lipinski definition) is 2. The lowest BCUT2D eigenvalue weighted by atomic mass is 10.2. The molecule has 106 valence electrons. The topological polar surface area (TPSA) is 12.5 Å². The van der Waals surface area contributed by atoms with Crippen LogP contribution in [-0.2, 0) is 0 Å². The van der Waals surface area contributed by atoms with Crippen molar-refractivity contribution in [2.45, 2.75) is 46.2 Å². The van der Waals surface area contributed by atoms with E-state index in [1.807, 2.05) is 30.3 Å². The fourth-order valence-electron chi connectivity index (χ4n) is 2.28. The fourth-order valence-corrected chi connectivity index (χ4v) is 2.28. The Balaban J connectivity index is 2.35. The van der Waals surface area contributed by atoms with E-state index >= 15 is 0 Å². The standard InChI is InChI=1S/C17H27NO/c1-6-16-9-7-10-17(13-16)19-12-8-11-18(14(2)3)15(4)5/h6-7,9-10,13-15H,1,8,11-12H2,2-5H3. The van der Waals surface area contributed by atoms with Gasteiger partial charge in [-0.15, -0.1) is 0 Å². The van der Waals surface area contributed by atoms with Gasteiger partial charge in [-0.25, -0.2) is 0 Å². The van der Waals surface area contributed by atoms with Gasteiger partial charge in [0.25, 0.3) is 0 Å². The van der Waals surface area contributed by atoms with Gasteiger partial charge in [-0.05, 0) is 51.8 Å². The summed E-state index contributed by atoms with van der Waals surface area (Å²) in [5.41, 5.74) is 1.10. The fraction of sp³-hybridized carbons (Fsp3) is 0.529. The molecule has 2 nitrogen and oxygen atoms in total. The van der Waals surface area contributed by atoms with Crippen molar-refractivity contribution in [1.29, 1.82) is 0 Å². The quantitative estimate of drug-likeness (QED) is 0.650. The normalized spacial score (nSPS) is 11.3. The van der Waals surface area contributed by atoms with E-state index in [1.54, 1.807) is 0 Å². The smallest absolute Gasteiger partial charge is 0.119 e. The number of nitrogens with zero attached hydrogens (tertiary/aromatic N) is 1. The average molecular weight is 261 g/mol. The predicted octanol–water partition coefficient (Wildman–Crippen LogP) is 4.22. The molecule has 0 aliphatic rings. The molecule has 0 atom stereocenters. The first kappa shape index (κ1) is 15.8. The monoisotopic (exact) mass is 261 g/mol. The summed E-state index contributed by atoms with van der Waals surface area (Å²) in [7, 11) is 0. The maximum absolute atomic E-state index is 5.78. The zero-order valence-electron chi connectivity index (χ0n) is 12.7. The number of benzene rings is 1. The molecular formula is C17H27NO. The van der Waals surface area contributed by atoms with E-state index in [1.165, 1.54) is 0 Å². The van der Waals surface area contributed by atoms with Gasteiger partial charge in [-0.2, -0.15) is 0 Å². The molecular weight excluding hydrogens is 234 g/mol. The van der Waals surface area contributed by atoms with Crippen LogP contribution < -0.4 is 4.74 Å².